The maximum atomic E-state index is 12.3. The minimum Gasteiger partial charge on any atom is -0.207 e. The molecule has 20 heavy (non-hydrogen) atoms. The summed E-state index contributed by atoms with van der Waals surface area (Å²) in [6.07, 6.45) is 2.14. The second-order valence-electron chi connectivity index (χ2n) is 4.65. The van der Waals surface area contributed by atoms with Gasteiger partial charge in [0.15, 0.2) is 0 Å². The minimum absolute atomic E-state index is 0.0583. The predicted octanol–water partition coefficient (Wildman–Crippen LogP) is 2.18. The van der Waals surface area contributed by atoms with E-state index in [2.05, 4.69) is 10.8 Å². The molecule has 0 amide bonds. The Balaban J connectivity index is 2.32. The number of nitrogens with one attached hydrogen (secondary N) is 1. The van der Waals surface area contributed by atoms with Crippen molar-refractivity contribution < 1.29 is 8.42 Å². The number of halogens is 1. The first-order valence-corrected chi connectivity index (χ1v) is 7.95. The Labute approximate surface area is 122 Å². The Kier molecular flexibility index (Phi) is 4.29. The van der Waals surface area contributed by atoms with Crippen LogP contribution in [0.15, 0.2) is 23.1 Å². The Bertz CT molecular complexity index is 703. The number of rotatable bonds is 3. The van der Waals surface area contributed by atoms with E-state index in [0.29, 0.717) is 12.8 Å². The van der Waals surface area contributed by atoms with Crippen LogP contribution in [0.1, 0.15) is 24.8 Å². The maximum Gasteiger partial charge on any atom is 0.242 e. The van der Waals surface area contributed by atoms with E-state index in [1.165, 1.54) is 18.2 Å². The molecule has 1 aliphatic rings. The number of nitrogens with zero attached hydrogens (tertiary/aromatic N) is 2. The van der Waals surface area contributed by atoms with Crippen LogP contribution in [-0.2, 0) is 10.0 Å². The number of sulfonamides is 1. The van der Waals surface area contributed by atoms with Crippen LogP contribution < -0.4 is 4.72 Å². The van der Waals surface area contributed by atoms with Crippen LogP contribution in [0.3, 0.4) is 0 Å². The second-order valence-corrected chi connectivity index (χ2v) is 6.74. The molecule has 1 saturated carbocycles. The largest absolute Gasteiger partial charge is 0.242 e. The summed E-state index contributed by atoms with van der Waals surface area (Å²) in [6, 6.07) is 7.66. The molecular weight excluding hydrogens is 298 g/mol. The quantitative estimate of drug-likeness (QED) is 0.926. The second kappa shape index (κ2) is 5.80. The first kappa shape index (κ1) is 14.8. The lowest BCUT2D eigenvalue weighted by atomic mass is 10.1. The van der Waals surface area contributed by atoms with Crippen molar-refractivity contribution in [3.8, 4) is 12.1 Å². The molecule has 1 aliphatic carbocycles. The predicted molar refractivity (Wildman–Crippen MR) is 73.2 cm³/mol. The number of hydrogen-bond donors (Lipinski definition) is 1. The van der Waals surface area contributed by atoms with Gasteiger partial charge >= 0.3 is 0 Å². The van der Waals surface area contributed by atoms with Gasteiger partial charge < -0.3 is 0 Å². The van der Waals surface area contributed by atoms with Gasteiger partial charge in [-0.05, 0) is 31.0 Å². The molecule has 1 aromatic rings. The van der Waals surface area contributed by atoms with Gasteiger partial charge in [0.2, 0.25) is 10.0 Å². The number of benzene rings is 1. The summed E-state index contributed by atoms with van der Waals surface area (Å²) in [5.74, 6) is -0.317. The van der Waals surface area contributed by atoms with Crippen LogP contribution in [0.25, 0.3) is 0 Å². The van der Waals surface area contributed by atoms with Gasteiger partial charge in [0, 0.05) is 6.04 Å². The van der Waals surface area contributed by atoms with Crippen molar-refractivity contribution in [2.75, 3.05) is 0 Å². The van der Waals surface area contributed by atoms with Crippen LogP contribution in [-0.4, -0.2) is 14.5 Å². The molecule has 0 radical (unpaired) electrons. The van der Waals surface area contributed by atoms with Crippen molar-refractivity contribution in [3.63, 3.8) is 0 Å². The number of nitriles is 2. The highest BCUT2D eigenvalue weighted by Crippen LogP contribution is 2.28. The van der Waals surface area contributed by atoms with E-state index >= 15 is 0 Å². The molecule has 5 nitrogen and oxygen atoms in total. The molecule has 1 N–H and O–H groups in total. The molecule has 2 rings (SSSR count). The maximum absolute atomic E-state index is 12.3. The zero-order valence-electron chi connectivity index (χ0n) is 10.5. The summed E-state index contributed by atoms with van der Waals surface area (Å²) in [7, 11) is -3.83. The Morgan fingerprint density at radius 2 is 2.05 bits per heavy atom. The van der Waals surface area contributed by atoms with Crippen molar-refractivity contribution in [1.82, 2.24) is 4.72 Å². The summed E-state index contributed by atoms with van der Waals surface area (Å²) in [5.41, 5.74) is 0.220. The summed E-state index contributed by atoms with van der Waals surface area (Å²) in [5, 5.41) is 17.9. The van der Waals surface area contributed by atoms with Gasteiger partial charge in [-0.3, -0.25) is 0 Å². The monoisotopic (exact) mass is 309 g/mol. The molecular formula is C13H12ClN3O2S. The van der Waals surface area contributed by atoms with Crippen LogP contribution >= 0.6 is 11.6 Å². The highest BCUT2D eigenvalue weighted by molar-refractivity contribution is 7.89. The fraction of sp³-hybridized carbons (Fsp3) is 0.385. The zero-order valence-corrected chi connectivity index (χ0v) is 12.1. The van der Waals surface area contributed by atoms with Crippen LogP contribution in [0.4, 0.5) is 0 Å². The van der Waals surface area contributed by atoms with E-state index in [-0.39, 0.29) is 21.4 Å². The van der Waals surface area contributed by atoms with Gasteiger partial charge in [0.05, 0.1) is 28.6 Å². The topological polar surface area (TPSA) is 93.8 Å². The third kappa shape index (κ3) is 2.94. The van der Waals surface area contributed by atoms with E-state index in [9.17, 15) is 8.42 Å². The molecule has 104 valence electrons. The molecule has 0 spiro atoms. The summed E-state index contributed by atoms with van der Waals surface area (Å²) in [6.45, 7) is 0. The third-order valence-corrected chi connectivity index (χ3v) is 5.31. The lowest BCUT2D eigenvalue weighted by Gasteiger charge is -2.16. The van der Waals surface area contributed by atoms with E-state index < -0.39 is 16.1 Å². The van der Waals surface area contributed by atoms with E-state index in [1.807, 2.05) is 6.07 Å². The van der Waals surface area contributed by atoms with Gasteiger partial charge in [-0.15, -0.1) is 0 Å². The van der Waals surface area contributed by atoms with E-state index in [4.69, 9.17) is 22.1 Å². The highest BCUT2D eigenvalue weighted by Gasteiger charge is 2.32. The lowest BCUT2D eigenvalue weighted by Crippen LogP contribution is -2.37. The molecule has 0 aromatic heterocycles. The number of hydrogen-bond acceptors (Lipinski definition) is 4. The van der Waals surface area contributed by atoms with Gasteiger partial charge in [-0.2, -0.15) is 10.5 Å². The standard InChI is InChI=1S/C13H12ClN3O2S/c14-11-5-4-9(7-15)6-13(11)20(18,19)17-12-3-1-2-10(12)8-16/h4-6,10,12,17H,1-3H2. The molecule has 0 bridgehead atoms. The van der Waals surface area contributed by atoms with Crippen LogP contribution in [0, 0.1) is 28.6 Å². The van der Waals surface area contributed by atoms with Crippen molar-refractivity contribution in [3.05, 3.63) is 28.8 Å². The van der Waals surface area contributed by atoms with E-state index in [0.717, 1.165) is 6.42 Å². The fourth-order valence-corrected chi connectivity index (χ4v) is 4.13. The highest BCUT2D eigenvalue weighted by atomic mass is 35.5. The molecule has 1 aromatic carbocycles. The smallest absolute Gasteiger partial charge is 0.207 e. The lowest BCUT2D eigenvalue weighted by molar-refractivity contribution is 0.515. The molecule has 1 fully saturated rings. The van der Waals surface area contributed by atoms with Crippen molar-refractivity contribution >= 4 is 21.6 Å². The van der Waals surface area contributed by atoms with Gasteiger partial charge in [0.25, 0.3) is 0 Å². The average molecular weight is 310 g/mol. The molecule has 0 saturated heterocycles. The Morgan fingerprint density at radius 1 is 1.30 bits per heavy atom. The molecule has 0 aliphatic heterocycles. The fourth-order valence-electron chi connectivity index (χ4n) is 2.30. The first-order valence-electron chi connectivity index (χ1n) is 6.09. The summed E-state index contributed by atoms with van der Waals surface area (Å²) >= 11 is 5.90. The Morgan fingerprint density at radius 3 is 2.70 bits per heavy atom. The van der Waals surface area contributed by atoms with Gasteiger partial charge in [0.1, 0.15) is 4.90 Å². The first-order chi connectivity index (χ1) is 9.47. The van der Waals surface area contributed by atoms with Crippen molar-refractivity contribution in [2.45, 2.75) is 30.2 Å². The van der Waals surface area contributed by atoms with Gasteiger partial charge in [-0.25, -0.2) is 13.1 Å². The molecule has 2 unspecified atom stereocenters. The summed E-state index contributed by atoms with van der Waals surface area (Å²) in [4.78, 5) is -0.123. The SMILES string of the molecule is N#Cc1ccc(Cl)c(S(=O)(=O)NC2CCCC2C#N)c1. The molecule has 0 heterocycles. The van der Waals surface area contributed by atoms with Crippen molar-refractivity contribution in [1.29, 1.82) is 10.5 Å². The van der Waals surface area contributed by atoms with Crippen LogP contribution in [0.2, 0.25) is 5.02 Å². The zero-order chi connectivity index (χ0) is 14.8. The van der Waals surface area contributed by atoms with Crippen LogP contribution in [0.5, 0.6) is 0 Å². The normalized spacial score (nSPS) is 22.1. The third-order valence-electron chi connectivity index (χ3n) is 3.34. The van der Waals surface area contributed by atoms with Crippen molar-refractivity contribution in [2.24, 2.45) is 5.92 Å². The van der Waals surface area contributed by atoms with Gasteiger partial charge in [-0.1, -0.05) is 18.0 Å². The minimum atomic E-state index is -3.83. The Hall–Kier alpha value is -1.60. The average Bonchev–Trinajstić information content (AvgIpc) is 2.85. The summed E-state index contributed by atoms with van der Waals surface area (Å²) < 4.78 is 27.2. The molecule has 7 heteroatoms. The van der Waals surface area contributed by atoms with E-state index in [1.54, 1.807) is 0 Å². The molecule has 2 atom stereocenters.